The maximum absolute atomic E-state index is 3.87. The Bertz CT molecular complexity index is 274. The molecule has 1 saturated carbocycles. The fourth-order valence-corrected chi connectivity index (χ4v) is 4.68. The zero-order valence-corrected chi connectivity index (χ0v) is 14.6. The van der Waals surface area contributed by atoms with Crippen LogP contribution in [0.2, 0.25) is 0 Å². The fraction of sp³-hybridized carbons (Fsp3) is 1.00. The highest BCUT2D eigenvalue weighted by atomic mass is 32.2. The Morgan fingerprint density at radius 3 is 2.70 bits per heavy atom. The van der Waals surface area contributed by atoms with Gasteiger partial charge in [-0.1, -0.05) is 33.6 Å². The molecule has 0 amide bonds. The minimum Gasteiger partial charge on any atom is -0.311 e. The molecule has 3 heteroatoms. The lowest BCUT2D eigenvalue weighted by Crippen LogP contribution is -2.63. The average molecular weight is 299 g/mol. The Hall–Kier alpha value is 0.270. The van der Waals surface area contributed by atoms with Crippen molar-refractivity contribution < 1.29 is 0 Å². The number of hydrogen-bond acceptors (Lipinski definition) is 3. The van der Waals surface area contributed by atoms with E-state index in [0.29, 0.717) is 5.54 Å². The SMILES string of the molecule is CCSCCCN1CC(CC(C)C)NCC12CCCC2. The number of hydrogen-bond donors (Lipinski definition) is 1. The Morgan fingerprint density at radius 1 is 1.30 bits per heavy atom. The van der Waals surface area contributed by atoms with E-state index in [4.69, 9.17) is 0 Å². The summed E-state index contributed by atoms with van der Waals surface area (Å²) in [5.41, 5.74) is 0.518. The summed E-state index contributed by atoms with van der Waals surface area (Å²) in [5, 5.41) is 3.87. The predicted molar refractivity (Wildman–Crippen MR) is 91.6 cm³/mol. The maximum atomic E-state index is 3.87. The zero-order chi connectivity index (χ0) is 14.4. The van der Waals surface area contributed by atoms with Gasteiger partial charge in [-0.15, -0.1) is 0 Å². The predicted octanol–water partition coefficient (Wildman–Crippen LogP) is 3.76. The number of nitrogens with one attached hydrogen (secondary N) is 1. The Labute approximate surface area is 130 Å². The third-order valence-corrected chi connectivity index (χ3v) is 6.03. The van der Waals surface area contributed by atoms with Crippen LogP contribution in [0.4, 0.5) is 0 Å². The molecule has 1 aliphatic carbocycles. The third kappa shape index (κ3) is 4.38. The first-order valence-corrected chi connectivity index (χ1v) is 9.88. The molecule has 0 aromatic carbocycles. The fourth-order valence-electron chi connectivity index (χ4n) is 4.05. The van der Waals surface area contributed by atoms with Crippen LogP contribution < -0.4 is 5.32 Å². The highest BCUT2D eigenvalue weighted by Crippen LogP contribution is 2.37. The van der Waals surface area contributed by atoms with Gasteiger partial charge in [-0.05, 0) is 49.7 Å². The first kappa shape index (κ1) is 16.6. The molecular formula is C17H34N2S. The van der Waals surface area contributed by atoms with Gasteiger partial charge in [0.1, 0.15) is 0 Å². The van der Waals surface area contributed by atoms with Crippen molar-refractivity contribution in [2.45, 2.75) is 70.9 Å². The molecule has 1 atom stereocenters. The maximum Gasteiger partial charge on any atom is 0.0334 e. The zero-order valence-electron chi connectivity index (χ0n) is 13.8. The van der Waals surface area contributed by atoms with Gasteiger partial charge in [-0.3, -0.25) is 4.90 Å². The number of rotatable bonds is 7. The molecule has 1 aliphatic heterocycles. The van der Waals surface area contributed by atoms with E-state index < -0.39 is 0 Å². The molecule has 2 fully saturated rings. The van der Waals surface area contributed by atoms with Gasteiger partial charge in [0.05, 0.1) is 0 Å². The van der Waals surface area contributed by atoms with Crippen molar-refractivity contribution in [3.8, 4) is 0 Å². The second-order valence-electron chi connectivity index (χ2n) is 7.14. The van der Waals surface area contributed by atoms with E-state index in [1.165, 1.54) is 69.7 Å². The molecule has 20 heavy (non-hydrogen) atoms. The molecule has 0 bridgehead atoms. The molecule has 2 aliphatic rings. The monoisotopic (exact) mass is 298 g/mol. The molecular weight excluding hydrogens is 264 g/mol. The van der Waals surface area contributed by atoms with Crippen LogP contribution in [0.1, 0.15) is 59.3 Å². The Balaban J connectivity index is 1.89. The topological polar surface area (TPSA) is 15.3 Å². The molecule has 1 N–H and O–H groups in total. The standard InChI is InChI=1S/C17H34N2S/c1-4-20-11-7-10-19-13-16(12-15(2)3)18-14-17(19)8-5-6-9-17/h15-16,18H,4-14H2,1-3H3. The molecule has 2 rings (SSSR count). The summed E-state index contributed by atoms with van der Waals surface area (Å²) >= 11 is 2.10. The molecule has 1 unspecified atom stereocenters. The first-order valence-electron chi connectivity index (χ1n) is 8.72. The normalized spacial score (nSPS) is 26.7. The lowest BCUT2D eigenvalue weighted by atomic mass is 9.89. The highest BCUT2D eigenvalue weighted by Gasteiger charge is 2.42. The van der Waals surface area contributed by atoms with Crippen LogP contribution in [0.25, 0.3) is 0 Å². The molecule has 118 valence electrons. The van der Waals surface area contributed by atoms with E-state index in [2.05, 4.69) is 42.7 Å². The quantitative estimate of drug-likeness (QED) is 0.720. The van der Waals surface area contributed by atoms with Crippen LogP contribution in [-0.4, -0.2) is 47.6 Å². The summed E-state index contributed by atoms with van der Waals surface area (Å²) in [6.45, 7) is 10.8. The van der Waals surface area contributed by atoms with E-state index in [1.807, 2.05) is 0 Å². The number of piperazine rings is 1. The van der Waals surface area contributed by atoms with Crippen molar-refractivity contribution in [2.24, 2.45) is 5.92 Å². The number of thioether (sulfide) groups is 1. The van der Waals surface area contributed by atoms with Gasteiger partial charge in [-0.25, -0.2) is 0 Å². The summed E-state index contributed by atoms with van der Waals surface area (Å²) in [6.07, 6.45) is 8.43. The number of nitrogens with zero attached hydrogens (tertiary/aromatic N) is 1. The summed E-state index contributed by atoms with van der Waals surface area (Å²) in [5.74, 6) is 3.41. The molecule has 1 spiro atoms. The van der Waals surface area contributed by atoms with Crippen LogP contribution in [-0.2, 0) is 0 Å². The van der Waals surface area contributed by atoms with Crippen molar-refractivity contribution in [3.63, 3.8) is 0 Å². The van der Waals surface area contributed by atoms with E-state index >= 15 is 0 Å². The van der Waals surface area contributed by atoms with Crippen LogP contribution in [0.3, 0.4) is 0 Å². The van der Waals surface area contributed by atoms with Gasteiger partial charge in [0, 0.05) is 24.7 Å². The average Bonchev–Trinajstić information content (AvgIpc) is 2.87. The molecule has 0 aromatic rings. The Morgan fingerprint density at radius 2 is 2.05 bits per heavy atom. The minimum absolute atomic E-state index is 0.518. The Kier molecular flexibility index (Phi) is 6.70. The van der Waals surface area contributed by atoms with Crippen LogP contribution in [0, 0.1) is 5.92 Å². The van der Waals surface area contributed by atoms with Crippen molar-refractivity contribution in [1.82, 2.24) is 10.2 Å². The van der Waals surface area contributed by atoms with E-state index in [0.717, 1.165) is 12.0 Å². The van der Waals surface area contributed by atoms with E-state index in [-0.39, 0.29) is 0 Å². The second kappa shape index (κ2) is 8.05. The van der Waals surface area contributed by atoms with Crippen molar-refractivity contribution in [1.29, 1.82) is 0 Å². The first-order chi connectivity index (χ1) is 9.66. The summed E-state index contributed by atoms with van der Waals surface area (Å²) in [6, 6.07) is 0.722. The summed E-state index contributed by atoms with van der Waals surface area (Å²) < 4.78 is 0. The van der Waals surface area contributed by atoms with E-state index in [1.54, 1.807) is 0 Å². The largest absolute Gasteiger partial charge is 0.311 e. The van der Waals surface area contributed by atoms with Gasteiger partial charge >= 0.3 is 0 Å². The lowest BCUT2D eigenvalue weighted by Gasteiger charge is -2.49. The minimum atomic E-state index is 0.518. The smallest absolute Gasteiger partial charge is 0.0334 e. The molecule has 1 heterocycles. The molecule has 0 aromatic heterocycles. The van der Waals surface area contributed by atoms with Gasteiger partial charge in [0.2, 0.25) is 0 Å². The summed E-state index contributed by atoms with van der Waals surface area (Å²) in [4.78, 5) is 2.87. The van der Waals surface area contributed by atoms with Crippen LogP contribution >= 0.6 is 11.8 Å². The second-order valence-corrected chi connectivity index (χ2v) is 8.53. The van der Waals surface area contributed by atoms with Crippen molar-refractivity contribution >= 4 is 11.8 Å². The van der Waals surface area contributed by atoms with Gasteiger partial charge < -0.3 is 5.32 Å². The van der Waals surface area contributed by atoms with Crippen LogP contribution in [0.5, 0.6) is 0 Å². The van der Waals surface area contributed by atoms with Gasteiger partial charge in [-0.2, -0.15) is 11.8 Å². The molecule has 1 saturated heterocycles. The van der Waals surface area contributed by atoms with E-state index in [9.17, 15) is 0 Å². The highest BCUT2D eigenvalue weighted by molar-refractivity contribution is 7.99. The van der Waals surface area contributed by atoms with Gasteiger partial charge in [0.25, 0.3) is 0 Å². The van der Waals surface area contributed by atoms with Crippen molar-refractivity contribution in [3.05, 3.63) is 0 Å². The third-order valence-electron chi connectivity index (χ3n) is 5.04. The summed E-state index contributed by atoms with van der Waals surface area (Å²) in [7, 11) is 0. The molecule has 2 nitrogen and oxygen atoms in total. The van der Waals surface area contributed by atoms with Gasteiger partial charge in [0.15, 0.2) is 0 Å². The van der Waals surface area contributed by atoms with Crippen molar-refractivity contribution in [2.75, 3.05) is 31.1 Å². The van der Waals surface area contributed by atoms with Crippen LogP contribution in [0.15, 0.2) is 0 Å². The lowest BCUT2D eigenvalue weighted by molar-refractivity contribution is 0.0390. The molecule has 0 radical (unpaired) electrons.